The van der Waals surface area contributed by atoms with Gasteiger partial charge in [-0.25, -0.2) is 9.78 Å². The number of aryl methyl sites for hydroxylation is 2. The van der Waals surface area contributed by atoms with Crippen molar-refractivity contribution in [2.45, 2.75) is 26.9 Å². The molecule has 0 spiro atoms. The normalized spacial score (nSPS) is 11.3. The van der Waals surface area contributed by atoms with Gasteiger partial charge in [-0.15, -0.1) is 17.9 Å². The number of anilines is 2. The third-order valence-electron chi connectivity index (χ3n) is 3.93. The molecule has 29 heavy (non-hydrogen) atoms. The Labute approximate surface area is 173 Å². The second-order valence-electron chi connectivity index (χ2n) is 6.29. The van der Waals surface area contributed by atoms with Crippen LogP contribution in [0.5, 0.6) is 0 Å². The lowest BCUT2D eigenvalue weighted by molar-refractivity contribution is -0.130. The van der Waals surface area contributed by atoms with Crippen LogP contribution in [-0.4, -0.2) is 42.0 Å². The van der Waals surface area contributed by atoms with E-state index in [1.165, 1.54) is 23.6 Å². The van der Waals surface area contributed by atoms with E-state index >= 15 is 0 Å². The van der Waals surface area contributed by atoms with Crippen molar-refractivity contribution in [3.63, 3.8) is 0 Å². The summed E-state index contributed by atoms with van der Waals surface area (Å²) in [5, 5.41) is 10.3. The SMILES string of the molecule is C=CCNc1nc(C(=O)OC(C)C(=O)NCC(=O)Nc2c(C)cccc2C)cs1. The molecule has 154 valence electrons. The first-order valence-corrected chi connectivity index (χ1v) is 9.84. The highest BCUT2D eigenvalue weighted by Crippen LogP contribution is 2.19. The van der Waals surface area contributed by atoms with Gasteiger partial charge in [0.05, 0.1) is 6.54 Å². The second kappa shape index (κ2) is 10.4. The van der Waals surface area contributed by atoms with Gasteiger partial charge in [-0.1, -0.05) is 24.3 Å². The number of amides is 2. The molecule has 1 unspecified atom stereocenters. The number of esters is 1. The zero-order valence-electron chi connectivity index (χ0n) is 16.6. The van der Waals surface area contributed by atoms with Crippen molar-refractivity contribution in [1.82, 2.24) is 10.3 Å². The number of carbonyl (C=O) groups excluding carboxylic acids is 3. The molecule has 0 fully saturated rings. The fourth-order valence-corrected chi connectivity index (χ4v) is 3.08. The number of ether oxygens (including phenoxy) is 1. The molecule has 0 aliphatic heterocycles. The van der Waals surface area contributed by atoms with Crippen LogP contribution in [0, 0.1) is 13.8 Å². The summed E-state index contributed by atoms with van der Waals surface area (Å²) in [4.78, 5) is 40.5. The molecule has 0 aliphatic rings. The number of benzene rings is 1. The van der Waals surface area contributed by atoms with E-state index in [0.29, 0.717) is 11.7 Å². The molecule has 1 aromatic carbocycles. The fraction of sp³-hybridized carbons (Fsp3) is 0.300. The average molecular weight is 417 g/mol. The Morgan fingerprint density at radius 3 is 2.62 bits per heavy atom. The zero-order valence-corrected chi connectivity index (χ0v) is 17.4. The van der Waals surface area contributed by atoms with Crippen LogP contribution in [0.4, 0.5) is 10.8 Å². The van der Waals surface area contributed by atoms with Crippen molar-refractivity contribution >= 4 is 39.9 Å². The summed E-state index contributed by atoms with van der Waals surface area (Å²) in [5.41, 5.74) is 2.68. The van der Waals surface area contributed by atoms with Crippen molar-refractivity contribution in [3.05, 3.63) is 53.1 Å². The van der Waals surface area contributed by atoms with Crippen LogP contribution < -0.4 is 16.0 Å². The Bertz CT molecular complexity index is 889. The van der Waals surface area contributed by atoms with Gasteiger partial charge in [-0.05, 0) is 31.9 Å². The van der Waals surface area contributed by atoms with Gasteiger partial charge in [0.15, 0.2) is 16.9 Å². The lowest BCUT2D eigenvalue weighted by Crippen LogP contribution is -2.40. The molecule has 1 heterocycles. The molecule has 0 radical (unpaired) electrons. The Kier molecular flexibility index (Phi) is 7.90. The Morgan fingerprint density at radius 2 is 1.97 bits per heavy atom. The van der Waals surface area contributed by atoms with E-state index in [1.54, 1.807) is 6.08 Å². The zero-order chi connectivity index (χ0) is 21.4. The number of nitrogens with zero attached hydrogens (tertiary/aromatic N) is 1. The molecule has 0 saturated heterocycles. The van der Waals surface area contributed by atoms with E-state index in [4.69, 9.17) is 4.74 Å². The molecular weight excluding hydrogens is 392 g/mol. The van der Waals surface area contributed by atoms with Crippen molar-refractivity contribution in [3.8, 4) is 0 Å². The first-order valence-electron chi connectivity index (χ1n) is 8.97. The Balaban J connectivity index is 1.82. The largest absolute Gasteiger partial charge is 0.448 e. The molecule has 9 heteroatoms. The van der Waals surface area contributed by atoms with Gasteiger partial charge in [0.25, 0.3) is 5.91 Å². The minimum atomic E-state index is -1.07. The standard InChI is InChI=1S/C20H24N4O4S/c1-5-9-21-20-23-15(11-29-20)19(27)28-14(4)18(26)22-10-16(25)24-17-12(2)7-6-8-13(17)3/h5-8,11,14H,1,9-10H2,2-4H3,(H,21,23)(H,22,26)(H,24,25). The van der Waals surface area contributed by atoms with Crippen LogP contribution in [0.1, 0.15) is 28.5 Å². The third-order valence-corrected chi connectivity index (χ3v) is 4.73. The second-order valence-corrected chi connectivity index (χ2v) is 7.15. The van der Waals surface area contributed by atoms with Crippen LogP contribution in [-0.2, 0) is 14.3 Å². The lowest BCUT2D eigenvalue weighted by Gasteiger charge is -2.14. The quantitative estimate of drug-likeness (QED) is 0.428. The van der Waals surface area contributed by atoms with Crippen molar-refractivity contribution < 1.29 is 19.1 Å². The van der Waals surface area contributed by atoms with Gasteiger partial charge < -0.3 is 20.7 Å². The molecule has 8 nitrogen and oxygen atoms in total. The van der Waals surface area contributed by atoms with Gasteiger partial charge in [0, 0.05) is 17.6 Å². The van der Waals surface area contributed by atoms with E-state index in [9.17, 15) is 14.4 Å². The van der Waals surface area contributed by atoms with Crippen LogP contribution in [0.3, 0.4) is 0 Å². The molecular formula is C20H24N4O4S. The summed E-state index contributed by atoms with van der Waals surface area (Å²) in [6, 6.07) is 5.68. The van der Waals surface area contributed by atoms with Crippen molar-refractivity contribution in [2.75, 3.05) is 23.7 Å². The summed E-state index contributed by atoms with van der Waals surface area (Å²) >= 11 is 1.25. The summed E-state index contributed by atoms with van der Waals surface area (Å²) in [6.45, 7) is 9.08. The number of aromatic nitrogens is 1. The highest BCUT2D eigenvalue weighted by atomic mass is 32.1. The minimum Gasteiger partial charge on any atom is -0.448 e. The predicted octanol–water partition coefficient (Wildman–Crippen LogP) is 2.66. The van der Waals surface area contributed by atoms with E-state index in [2.05, 4.69) is 27.5 Å². The highest BCUT2D eigenvalue weighted by molar-refractivity contribution is 7.13. The molecule has 0 aliphatic carbocycles. The summed E-state index contributed by atoms with van der Waals surface area (Å²) in [5.74, 6) is -1.66. The van der Waals surface area contributed by atoms with E-state index in [0.717, 1.165) is 16.8 Å². The molecule has 3 N–H and O–H groups in total. The number of hydrogen-bond donors (Lipinski definition) is 3. The number of rotatable bonds is 9. The molecule has 1 aromatic heterocycles. The number of hydrogen-bond acceptors (Lipinski definition) is 7. The minimum absolute atomic E-state index is 0.106. The number of thiazole rings is 1. The highest BCUT2D eigenvalue weighted by Gasteiger charge is 2.21. The van der Waals surface area contributed by atoms with Gasteiger partial charge >= 0.3 is 5.97 Å². The molecule has 0 bridgehead atoms. The summed E-state index contributed by atoms with van der Waals surface area (Å²) in [6.07, 6.45) is 0.601. The van der Waals surface area contributed by atoms with E-state index in [-0.39, 0.29) is 18.1 Å². The number of para-hydroxylation sites is 1. The maximum atomic E-state index is 12.1. The maximum absolute atomic E-state index is 12.1. The first-order chi connectivity index (χ1) is 13.8. The third kappa shape index (κ3) is 6.42. The Morgan fingerprint density at radius 1 is 1.28 bits per heavy atom. The smallest absolute Gasteiger partial charge is 0.358 e. The van der Waals surface area contributed by atoms with Gasteiger partial charge in [-0.2, -0.15) is 0 Å². The van der Waals surface area contributed by atoms with Crippen molar-refractivity contribution in [1.29, 1.82) is 0 Å². The van der Waals surface area contributed by atoms with E-state index in [1.807, 2.05) is 32.0 Å². The maximum Gasteiger partial charge on any atom is 0.358 e. The van der Waals surface area contributed by atoms with Crippen molar-refractivity contribution in [2.24, 2.45) is 0 Å². The van der Waals surface area contributed by atoms with E-state index < -0.39 is 18.0 Å². The van der Waals surface area contributed by atoms with Crippen LogP contribution in [0.25, 0.3) is 0 Å². The topological polar surface area (TPSA) is 109 Å². The fourth-order valence-electron chi connectivity index (χ4n) is 2.39. The predicted molar refractivity (Wildman–Crippen MR) is 113 cm³/mol. The first kappa shape index (κ1) is 22.1. The van der Waals surface area contributed by atoms with Gasteiger partial charge in [0.1, 0.15) is 0 Å². The van der Waals surface area contributed by atoms with Gasteiger partial charge in [0.2, 0.25) is 5.91 Å². The monoisotopic (exact) mass is 416 g/mol. The van der Waals surface area contributed by atoms with Gasteiger partial charge in [-0.3, -0.25) is 9.59 Å². The molecule has 2 aromatic rings. The number of carbonyl (C=O) groups is 3. The molecule has 1 atom stereocenters. The molecule has 0 saturated carbocycles. The molecule has 2 amide bonds. The van der Waals surface area contributed by atoms with Crippen LogP contribution >= 0.6 is 11.3 Å². The average Bonchev–Trinajstić information content (AvgIpc) is 3.16. The number of nitrogens with one attached hydrogen (secondary N) is 3. The van der Waals surface area contributed by atoms with Crippen LogP contribution in [0.15, 0.2) is 36.2 Å². The summed E-state index contributed by atoms with van der Waals surface area (Å²) < 4.78 is 5.12. The summed E-state index contributed by atoms with van der Waals surface area (Å²) in [7, 11) is 0. The van der Waals surface area contributed by atoms with Crippen LogP contribution in [0.2, 0.25) is 0 Å². The Hall–Kier alpha value is -3.20. The lowest BCUT2D eigenvalue weighted by atomic mass is 10.1. The molecule has 2 rings (SSSR count).